The van der Waals surface area contributed by atoms with Gasteiger partial charge in [0.05, 0.1) is 11.1 Å². The van der Waals surface area contributed by atoms with E-state index in [0.717, 1.165) is 5.01 Å². The molecule has 3 N–H and O–H groups in total. The molecule has 0 saturated carbocycles. The van der Waals surface area contributed by atoms with E-state index in [4.69, 9.17) is 10.5 Å². The van der Waals surface area contributed by atoms with Crippen LogP contribution in [-0.4, -0.2) is 37.2 Å². The molecule has 5 nitrogen and oxygen atoms in total. The Bertz CT molecular complexity index is 412. The number of methoxy groups -OCH3 is 1. The smallest absolute Gasteiger partial charge is 0.270 e. The molecular formula is C13H23N3O2S. The lowest BCUT2D eigenvalue weighted by atomic mass is 9.89. The second kappa shape index (κ2) is 6.98. The maximum atomic E-state index is 12.0. The highest BCUT2D eigenvalue weighted by atomic mass is 32.1. The lowest BCUT2D eigenvalue weighted by Crippen LogP contribution is -2.40. The summed E-state index contributed by atoms with van der Waals surface area (Å²) >= 11 is 1.46. The molecule has 1 atom stereocenters. The first-order chi connectivity index (χ1) is 8.88. The highest BCUT2D eigenvalue weighted by Gasteiger charge is 2.25. The summed E-state index contributed by atoms with van der Waals surface area (Å²) in [5.41, 5.74) is 5.90. The minimum absolute atomic E-state index is 0.0190. The number of rotatable bonds is 6. The van der Waals surface area contributed by atoms with Gasteiger partial charge in [0.15, 0.2) is 0 Å². The summed E-state index contributed by atoms with van der Waals surface area (Å²) in [6.45, 7) is 7.26. The van der Waals surface area contributed by atoms with E-state index in [1.807, 2.05) is 0 Å². The van der Waals surface area contributed by atoms with Crippen LogP contribution < -0.4 is 11.1 Å². The van der Waals surface area contributed by atoms with E-state index in [9.17, 15) is 4.79 Å². The zero-order valence-corrected chi connectivity index (χ0v) is 12.8. The second-order valence-corrected chi connectivity index (χ2v) is 6.41. The Morgan fingerprint density at radius 1 is 1.58 bits per heavy atom. The molecule has 0 saturated heterocycles. The molecular weight excluding hydrogens is 262 g/mol. The molecule has 0 bridgehead atoms. The van der Waals surface area contributed by atoms with Gasteiger partial charge in [0.2, 0.25) is 0 Å². The third kappa shape index (κ3) is 4.89. The van der Waals surface area contributed by atoms with Crippen molar-refractivity contribution >= 4 is 17.2 Å². The number of nitrogens with one attached hydrogen (secondary N) is 1. The van der Waals surface area contributed by atoms with Crippen LogP contribution in [0.2, 0.25) is 0 Å². The number of hydrogen-bond donors (Lipinski definition) is 2. The van der Waals surface area contributed by atoms with Crippen LogP contribution in [0.3, 0.4) is 0 Å². The molecule has 6 heteroatoms. The number of hydrogen-bond acceptors (Lipinski definition) is 5. The lowest BCUT2D eigenvalue weighted by molar-refractivity contribution is 0.0175. The summed E-state index contributed by atoms with van der Waals surface area (Å²) in [5, 5.41) is 5.52. The predicted molar refractivity (Wildman–Crippen MR) is 77.5 cm³/mol. The first kappa shape index (κ1) is 16.1. The molecule has 108 valence electrons. The summed E-state index contributed by atoms with van der Waals surface area (Å²) in [6, 6.07) is 0. The fraction of sp³-hybridized carbons (Fsp3) is 0.692. The fourth-order valence-corrected chi connectivity index (χ4v) is 2.47. The summed E-state index contributed by atoms with van der Waals surface area (Å²) in [5.74, 6) is -0.161. The van der Waals surface area contributed by atoms with Crippen LogP contribution in [0.1, 0.15) is 36.3 Å². The van der Waals surface area contributed by atoms with Gasteiger partial charge in [0.25, 0.3) is 5.91 Å². The maximum absolute atomic E-state index is 12.0. The summed E-state index contributed by atoms with van der Waals surface area (Å²) in [7, 11) is 1.66. The average molecular weight is 285 g/mol. The number of carbonyl (C=O) groups excluding carboxylic acids is 1. The van der Waals surface area contributed by atoms with Gasteiger partial charge in [0.1, 0.15) is 5.69 Å². The molecule has 1 amide bonds. The molecule has 1 aromatic heterocycles. The predicted octanol–water partition coefficient (Wildman–Crippen LogP) is 1.44. The average Bonchev–Trinajstić information content (AvgIpc) is 2.77. The van der Waals surface area contributed by atoms with E-state index in [-0.39, 0.29) is 17.4 Å². The van der Waals surface area contributed by atoms with Crippen LogP contribution in [-0.2, 0) is 11.2 Å². The summed E-state index contributed by atoms with van der Waals surface area (Å²) in [6.07, 6.45) is 0.680. The Hall–Kier alpha value is -0.980. The van der Waals surface area contributed by atoms with Gasteiger partial charge in [-0.25, -0.2) is 4.98 Å². The summed E-state index contributed by atoms with van der Waals surface area (Å²) in [4.78, 5) is 16.2. The molecule has 1 rings (SSSR count). The van der Waals surface area contributed by atoms with Crippen molar-refractivity contribution in [2.45, 2.75) is 33.3 Å². The number of aromatic nitrogens is 1. The van der Waals surface area contributed by atoms with Crippen LogP contribution in [0.5, 0.6) is 0 Å². The minimum atomic E-state index is -0.161. The summed E-state index contributed by atoms with van der Waals surface area (Å²) < 4.78 is 5.40. The lowest BCUT2D eigenvalue weighted by Gasteiger charge is -2.29. The van der Waals surface area contributed by atoms with E-state index < -0.39 is 0 Å². The second-order valence-electron chi connectivity index (χ2n) is 5.47. The molecule has 1 heterocycles. The van der Waals surface area contributed by atoms with Crippen molar-refractivity contribution in [3.05, 3.63) is 16.1 Å². The van der Waals surface area contributed by atoms with E-state index >= 15 is 0 Å². The number of nitrogens with zero attached hydrogens (tertiary/aromatic N) is 1. The maximum Gasteiger partial charge on any atom is 0.270 e. The molecule has 0 aliphatic rings. The first-order valence-corrected chi connectivity index (χ1v) is 7.22. The van der Waals surface area contributed by atoms with Gasteiger partial charge in [-0.1, -0.05) is 20.8 Å². The highest BCUT2D eigenvalue weighted by Crippen LogP contribution is 2.21. The number of ether oxygens (including phenoxy) is 1. The third-order valence-electron chi connectivity index (χ3n) is 2.84. The van der Waals surface area contributed by atoms with Crippen LogP contribution in [0.25, 0.3) is 0 Å². The van der Waals surface area contributed by atoms with Crippen LogP contribution in [0.4, 0.5) is 0 Å². The van der Waals surface area contributed by atoms with Gasteiger partial charge in [-0.05, 0) is 12.0 Å². The Morgan fingerprint density at radius 3 is 2.79 bits per heavy atom. The Morgan fingerprint density at radius 2 is 2.26 bits per heavy atom. The topological polar surface area (TPSA) is 77.2 Å². The number of amides is 1. The Labute approximate surface area is 118 Å². The van der Waals surface area contributed by atoms with Crippen LogP contribution >= 0.6 is 11.3 Å². The molecule has 0 aromatic carbocycles. The number of thiazole rings is 1. The van der Waals surface area contributed by atoms with Crippen molar-refractivity contribution in [3.63, 3.8) is 0 Å². The Kier molecular flexibility index (Phi) is 5.90. The highest BCUT2D eigenvalue weighted by molar-refractivity contribution is 7.09. The van der Waals surface area contributed by atoms with Gasteiger partial charge < -0.3 is 15.8 Å². The van der Waals surface area contributed by atoms with E-state index in [1.165, 1.54) is 11.3 Å². The van der Waals surface area contributed by atoms with Crippen molar-refractivity contribution in [3.8, 4) is 0 Å². The van der Waals surface area contributed by atoms with Gasteiger partial charge in [-0.15, -0.1) is 11.3 Å². The zero-order valence-electron chi connectivity index (χ0n) is 12.0. The molecule has 0 fully saturated rings. The molecule has 1 unspecified atom stereocenters. The molecule has 19 heavy (non-hydrogen) atoms. The standard InChI is InChI=1S/C13H23N3O2S/c1-13(2,3)10(18-4)7-15-12(17)9-8-19-11(16-9)5-6-14/h8,10H,5-7,14H2,1-4H3,(H,15,17). The largest absolute Gasteiger partial charge is 0.379 e. The van der Waals surface area contributed by atoms with Crippen molar-refractivity contribution < 1.29 is 9.53 Å². The molecule has 0 radical (unpaired) electrons. The number of nitrogens with two attached hydrogens (primary N) is 1. The van der Waals surface area contributed by atoms with Crippen molar-refractivity contribution in [2.24, 2.45) is 11.1 Å². The van der Waals surface area contributed by atoms with Gasteiger partial charge in [-0.2, -0.15) is 0 Å². The zero-order chi connectivity index (χ0) is 14.5. The van der Waals surface area contributed by atoms with E-state index in [2.05, 4.69) is 31.1 Å². The quantitative estimate of drug-likeness (QED) is 0.829. The Balaban J connectivity index is 2.54. The molecule has 0 aliphatic carbocycles. The van der Waals surface area contributed by atoms with Crippen molar-refractivity contribution in [2.75, 3.05) is 20.2 Å². The molecule has 0 aliphatic heterocycles. The normalized spacial score (nSPS) is 13.3. The van der Waals surface area contributed by atoms with Crippen LogP contribution in [0.15, 0.2) is 5.38 Å². The SMILES string of the molecule is COC(CNC(=O)c1csc(CCN)n1)C(C)(C)C. The molecule has 0 spiro atoms. The van der Waals surface area contributed by atoms with Gasteiger partial charge in [0, 0.05) is 25.5 Å². The van der Waals surface area contributed by atoms with E-state index in [1.54, 1.807) is 12.5 Å². The van der Waals surface area contributed by atoms with Crippen molar-refractivity contribution in [1.29, 1.82) is 0 Å². The van der Waals surface area contributed by atoms with E-state index in [0.29, 0.717) is 25.2 Å². The first-order valence-electron chi connectivity index (χ1n) is 6.34. The van der Waals surface area contributed by atoms with Gasteiger partial charge >= 0.3 is 0 Å². The molecule has 1 aromatic rings. The van der Waals surface area contributed by atoms with Crippen molar-refractivity contribution in [1.82, 2.24) is 10.3 Å². The fourth-order valence-electron chi connectivity index (χ4n) is 1.67. The van der Waals surface area contributed by atoms with Gasteiger partial charge in [-0.3, -0.25) is 4.79 Å². The van der Waals surface area contributed by atoms with Crippen LogP contribution in [0, 0.1) is 5.41 Å². The third-order valence-corrected chi connectivity index (χ3v) is 3.75. The monoisotopic (exact) mass is 285 g/mol. The number of carbonyl (C=O) groups is 1. The minimum Gasteiger partial charge on any atom is -0.379 e.